The van der Waals surface area contributed by atoms with Crippen molar-refractivity contribution in [3.05, 3.63) is 77.5 Å². The van der Waals surface area contributed by atoms with E-state index in [9.17, 15) is 22.8 Å². The van der Waals surface area contributed by atoms with Crippen molar-refractivity contribution in [2.24, 2.45) is 17.2 Å². The van der Waals surface area contributed by atoms with Gasteiger partial charge in [0.2, 0.25) is 5.91 Å². The number of nitrogens with one attached hydrogen (secondary N) is 1. The maximum Gasteiger partial charge on any atom is 0.416 e. The van der Waals surface area contributed by atoms with Crippen LogP contribution >= 0.6 is 62.0 Å². The number of ketones is 1. The normalized spacial score (nSPS) is 12.2. The number of Topliss-reactive ketones (excluding diaryl/α,β-unsaturated/α-hetero) is 1. The number of pyridine rings is 1. The topological polar surface area (TPSA) is 137 Å². The summed E-state index contributed by atoms with van der Waals surface area (Å²) in [5, 5.41) is 3.65. The van der Waals surface area contributed by atoms with Crippen LogP contribution in [-0.4, -0.2) is 73.0 Å². The van der Waals surface area contributed by atoms with Crippen molar-refractivity contribution in [2.75, 3.05) is 39.8 Å². The first-order valence-corrected chi connectivity index (χ1v) is 13.8. The highest BCUT2D eigenvalue weighted by Gasteiger charge is 2.30. The van der Waals surface area contributed by atoms with E-state index in [1.807, 2.05) is 18.2 Å². The van der Waals surface area contributed by atoms with Crippen molar-refractivity contribution in [3.8, 4) is 0 Å². The van der Waals surface area contributed by atoms with Gasteiger partial charge in [-0.3, -0.25) is 14.6 Å². The molecular formula is C30H45Cl5F3N6O2+. The van der Waals surface area contributed by atoms with E-state index in [-0.39, 0.29) is 80.7 Å². The molecule has 0 spiro atoms. The van der Waals surface area contributed by atoms with Crippen molar-refractivity contribution < 1.29 is 27.2 Å². The minimum absolute atomic E-state index is 0. The number of nitrogens with zero attached hydrogens (tertiary/aromatic N) is 2. The molecule has 0 bridgehead atoms. The minimum atomic E-state index is -4.47. The molecule has 3 aromatic rings. The molecule has 1 amide bonds. The number of benzene rings is 2. The highest BCUT2D eigenvalue weighted by Crippen LogP contribution is 2.29. The van der Waals surface area contributed by atoms with Gasteiger partial charge < -0.3 is 27.0 Å². The van der Waals surface area contributed by atoms with Gasteiger partial charge in [0.05, 0.1) is 49.8 Å². The molecule has 2 aromatic carbocycles. The number of hydrogen-bond donors (Lipinski definition) is 4. The van der Waals surface area contributed by atoms with Gasteiger partial charge in [0.1, 0.15) is 0 Å². The number of hydrogen-bond acceptors (Lipinski definition) is 6. The highest BCUT2D eigenvalue weighted by atomic mass is 35.5. The Morgan fingerprint density at radius 2 is 1.48 bits per heavy atom. The summed E-state index contributed by atoms with van der Waals surface area (Å²) in [4.78, 5) is 30.8. The smallest absolute Gasteiger partial charge is 0.345 e. The van der Waals surface area contributed by atoms with E-state index in [1.54, 1.807) is 18.3 Å². The number of carbonyl (C=O) groups excluding carboxylic acids is 2. The fraction of sp³-hybridized carbons (Fsp3) is 0.433. The summed E-state index contributed by atoms with van der Waals surface area (Å²) in [6, 6.07) is 11.9. The quantitative estimate of drug-likeness (QED) is 0.167. The lowest BCUT2D eigenvalue weighted by Crippen LogP contribution is -2.52. The number of aromatic nitrogens is 1. The Hall–Kier alpha value is -1.93. The number of fused-ring (bicyclic) bond motifs is 1. The maximum absolute atomic E-state index is 13.4. The number of amides is 1. The number of halogens is 8. The van der Waals surface area contributed by atoms with Gasteiger partial charge in [-0.15, -0.1) is 62.0 Å². The van der Waals surface area contributed by atoms with Crippen LogP contribution in [0.15, 0.2) is 60.8 Å². The van der Waals surface area contributed by atoms with Crippen LogP contribution in [0.2, 0.25) is 0 Å². The number of quaternary nitrogens is 1. The third-order valence-electron chi connectivity index (χ3n) is 7.36. The van der Waals surface area contributed by atoms with Crippen LogP contribution in [0.1, 0.15) is 29.5 Å². The molecular weight excluding hydrogens is 711 g/mol. The van der Waals surface area contributed by atoms with Crippen LogP contribution in [0.4, 0.5) is 13.2 Å². The Morgan fingerprint density at radius 3 is 2.04 bits per heavy atom. The lowest BCUT2D eigenvalue weighted by atomic mass is 9.96. The molecule has 0 saturated heterocycles. The molecule has 262 valence electrons. The van der Waals surface area contributed by atoms with Crippen LogP contribution in [-0.2, 0) is 28.6 Å². The van der Waals surface area contributed by atoms with Crippen LogP contribution in [0.25, 0.3) is 10.9 Å². The van der Waals surface area contributed by atoms with E-state index >= 15 is 0 Å². The Bertz CT molecular complexity index is 1320. The van der Waals surface area contributed by atoms with Gasteiger partial charge in [-0.25, -0.2) is 0 Å². The Morgan fingerprint density at radius 1 is 0.891 bits per heavy atom. The molecule has 2 atom stereocenters. The number of alkyl halides is 3. The lowest BCUT2D eigenvalue weighted by Gasteiger charge is -2.34. The van der Waals surface area contributed by atoms with Gasteiger partial charge >= 0.3 is 6.18 Å². The number of nitrogens with two attached hydrogens (primary N) is 3. The van der Waals surface area contributed by atoms with Gasteiger partial charge in [0.25, 0.3) is 0 Å². The average molecular weight is 756 g/mol. The zero-order valence-corrected chi connectivity index (χ0v) is 29.5. The number of carbonyl (C=O) groups is 2. The lowest BCUT2D eigenvalue weighted by molar-refractivity contribution is -0.907. The summed E-state index contributed by atoms with van der Waals surface area (Å²) in [5.41, 5.74) is 18.9. The molecule has 46 heavy (non-hydrogen) atoms. The summed E-state index contributed by atoms with van der Waals surface area (Å²) < 4.78 is 39.8. The first-order valence-electron chi connectivity index (χ1n) is 13.8. The fourth-order valence-corrected chi connectivity index (χ4v) is 4.93. The van der Waals surface area contributed by atoms with Crippen molar-refractivity contribution in [1.82, 2.24) is 10.3 Å². The van der Waals surface area contributed by atoms with Crippen molar-refractivity contribution in [1.29, 1.82) is 0 Å². The zero-order valence-electron chi connectivity index (χ0n) is 25.4. The number of rotatable bonds is 15. The molecule has 0 aliphatic rings. The Balaban J connectivity index is -0.00000370. The summed E-state index contributed by atoms with van der Waals surface area (Å²) in [7, 11) is 2.06. The van der Waals surface area contributed by atoms with E-state index < -0.39 is 29.7 Å². The molecule has 0 saturated carbocycles. The Kier molecular flexibility index (Phi) is 23.8. The SMILES string of the molecule is C[N+](CCN)(CCN)CCC[C@H](N)C(=O)N[C@@H](Cc1ccc(C(F)(F)F)cc1)C(=O)Cc1ccc2ncccc2c1.Cl.Cl.Cl.Cl.Cl. The maximum atomic E-state index is 13.4. The van der Waals surface area contributed by atoms with Gasteiger partial charge in [-0.1, -0.05) is 24.3 Å². The third-order valence-corrected chi connectivity index (χ3v) is 7.36. The van der Waals surface area contributed by atoms with Crippen LogP contribution in [0.5, 0.6) is 0 Å². The molecule has 7 N–H and O–H groups in total. The first kappa shape index (κ1) is 48.5. The molecule has 0 aliphatic heterocycles. The average Bonchev–Trinajstić information content (AvgIpc) is 2.92. The van der Waals surface area contributed by atoms with Crippen molar-refractivity contribution in [3.63, 3.8) is 0 Å². The van der Waals surface area contributed by atoms with E-state index in [1.165, 1.54) is 12.1 Å². The fourth-order valence-electron chi connectivity index (χ4n) is 4.93. The van der Waals surface area contributed by atoms with Gasteiger partial charge in [-0.05, 0) is 60.7 Å². The monoisotopic (exact) mass is 753 g/mol. The number of likely N-dealkylation sites (N-methyl/N-ethyl adjacent to an activating group) is 1. The molecule has 0 aliphatic carbocycles. The molecule has 8 nitrogen and oxygen atoms in total. The molecule has 0 radical (unpaired) electrons. The molecule has 3 rings (SSSR count). The first-order chi connectivity index (χ1) is 19.4. The van der Waals surface area contributed by atoms with Crippen molar-refractivity contribution in [2.45, 2.75) is 43.9 Å². The second-order valence-electron chi connectivity index (χ2n) is 10.7. The van der Waals surface area contributed by atoms with Crippen LogP contribution < -0.4 is 22.5 Å². The van der Waals surface area contributed by atoms with E-state index in [2.05, 4.69) is 17.3 Å². The van der Waals surface area contributed by atoms with E-state index in [4.69, 9.17) is 17.2 Å². The van der Waals surface area contributed by atoms with Gasteiger partial charge in [0.15, 0.2) is 5.78 Å². The molecule has 1 heterocycles. The predicted octanol–water partition coefficient (Wildman–Crippen LogP) is 4.67. The zero-order chi connectivity index (χ0) is 30.0. The van der Waals surface area contributed by atoms with Gasteiger partial charge in [-0.2, -0.15) is 13.2 Å². The summed E-state index contributed by atoms with van der Waals surface area (Å²) in [6.07, 6.45) is -1.67. The van der Waals surface area contributed by atoms with Crippen molar-refractivity contribution >= 4 is 84.6 Å². The third kappa shape index (κ3) is 14.9. The molecule has 16 heteroatoms. The van der Waals surface area contributed by atoms with E-state index in [0.717, 1.165) is 48.2 Å². The molecule has 0 unspecified atom stereocenters. The van der Waals surface area contributed by atoms with Crippen LogP contribution in [0.3, 0.4) is 0 Å². The van der Waals surface area contributed by atoms with Crippen LogP contribution in [0, 0.1) is 0 Å². The highest BCUT2D eigenvalue weighted by molar-refractivity contribution is 5.92. The minimum Gasteiger partial charge on any atom is -0.345 e. The van der Waals surface area contributed by atoms with Gasteiger partial charge in [0, 0.05) is 31.1 Å². The van der Waals surface area contributed by atoms with E-state index in [0.29, 0.717) is 36.0 Å². The summed E-state index contributed by atoms with van der Waals surface area (Å²) in [6.45, 7) is 3.30. The second kappa shape index (κ2) is 22.6. The second-order valence-corrected chi connectivity index (χ2v) is 10.7. The predicted molar refractivity (Wildman–Crippen MR) is 190 cm³/mol. The largest absolute Gasteiger partial charge is 0.416 e. The summed E-state index contributed by atoms with van der Waals surface area (Å²) >= 11 is 0. The standard InChI is InChI=1S/C30H39F3N6O2.5ClH/c1-39(16-12-34,17-13-35)15-3-5-25(36)29(41)38-27(19-21-6-9-24(10-7-21)30(31,32)33)28(40)20-22-8-11-26-23(18-22)4-2-14-37-26;;;;;/h2,4,6-11,14,18,25,27H,3,5,12-13,15-17,19-20,34-36H2,1H3;5*1H/p+1/t25-,27-;;;;;/m0...../s1. The Labute approximate surface area is 299 Å². The molecule has 1 aromatic heterocycles. The summed E-state index contributed by atoms with van der Waals surface area (Å²) in [5.74, 6) is -0.756. The molecule has 0 fully saturated rings.